The van der Waals surface area contributed by atoms with Gasteiger partial charge in [-0.2, -0.15) is 0 Å². The van der Waals surface area contributed by atoms with E-state index in [1.165, 1.54) is 96.3 Å². The number of hydrogen-bond acceptors (Lipinski definition) is 3. The first-order valence-corrected chi connectivity index (χ1v) is 11.1. The monoisotopic (exact) mass is 358 g/mol. The normalized spacial score (nSPS) is 12.6. The molecule has 0 aromatic rings. The van der Waals surface area contributed by atoms with E-state index in [0.29, 0.717) is 6.61 Å². The molecular formula is C22H46O3. The van der Waals surface area contributed by atoms with Gasteiger partial charge in [0.05, 0.1) is 13.2 Å². The number of hydrogen-bond donors (Lipinski definition) is 1. The van der Waals surface area contributed by atoms with Crippen molar-refractivity contribution in [3.8, 4) is 0 Å². The predicted octanol–water partition coefficient (Wildman–Crippen LogP) is 6.27. The largest absolute Gasteiger partial charge is 0.394 e. The molecule has 1 atom stereocenters. The molecule has 0 aliphatic rings. The molecule has 0 spiro atoms. The second-order valence-corrected chi connectivity index (χ2v) is 7.42. The van der Waals surface area contributed by atoms with Gasteiger partial charge in [0.25, 0.3) is 0 Å². The lowest BCUT2D eigenvalue weighted by atomic mass is 10.0. The van der Waals surface area contributed by atoms with Crippen LogP contribution in [0, 0.1) is 0 Å². The van der Waals surface area contributed by atoms with Gasteiger partial charge in [-0.25, -0.2) is 0 Å². The van der Waals surface area contributed by atoms with Crippen LogP contribution in [0.5, 0.6) is 0 Å². The minimum atomic E-state index is -0.166. The van der Waals surface area contributed by atoms with Crippen molar-refractivity contribution in [2.45, 2.75) is 116 Å². The Balaban J connectivity index is 3.03. The van der Waals surface area contributed by atoms with Gasteiger partial charge in [-0.05, 0) is 6.42 Å². The van der Waals surface area contributed by atoms with Gasteiger partial charge < -0.3 is 14.6 Å². The fourth-order valence-electron chi connectivity index (χ4n) is 3.16. The van der Waals surface area contributed by atoms with Crippen molar-refractivity contribution in [1.82, 2.24) is 0 Å². The highest BCUT2D eigenvalue weighted by Gasteiger charge is 2.04. The van der Waals surface area contributed by atoms with Crippen LogP contribution >= 0.6 is 0 Å². The Morgan fingerprint density at radius 1 is 0.640 bits per heavy atom. The molecular weight excluding hydrogens is 312 g/mol. The summed E-state index contributed by atoms with van der Waals surface area (Å²) in [4.78, 5) is 0. The molecule has 0 saturated heterocycles. The number of ether oxygens (including phenoxy) is 2. The Hall–Kier alpha value is -0.120. The number of aliphatic hydroxyl groups excluding tert-OH is 1. The van der Waals surface area contributed by atoms with Gasteiger partial charge in [-0.1, -0.05) is 103 Å². The van der Waals surface area contributed by atoms with Crippen LogP contribution in [0.4, 0.5) is 0 Å². The second kappa shape index (κ2) is 21.9. The van der Waals surface area contributed by atoms with E-state index in [4.69, 9.17) is 14.6 Å². The highest BCUT2D eigenvalue weighted by molar-refractivity contribution is 4.53. The Morgan fingerprint density at radius 3 is 1.40 bits per heavy atom. The van der Waals surface area contributed by atoms with Gasteiger partial charge in [0.2, 0.25) is 0 Å². The maximum Gasteiger partial charge on any atom is 0.103 e. The highest BCUT2D eigenvalue weighted by Crippen LogP contribution is 2.13. The summed E-state index contributed by atoms with van der Waals surface area (Å²) in [6, 6.07) is 0. The van der Waals surface area contributed by atoms with Gasteiger partial charge in [0.1, 0.15) is 6.10 Å². The van der Waals surface area contributed by atoms with Crippen molar-refractivity contribution in [3.05, 3.63) is 0 Å². The SMILES string of the molecule is CCCCCCCCCCCCCCCCCCOC[C@H](CO)OC. The summed E-state index contributed by atoms with van der Waals surface area (Å²) in [5.41, 5.74) is 0. The Kier molecular flexibility index (Phi) is 21.8. The first-order valence-electron chi connectivity index (χ1n) is 11.1. The molecule has 1 N–H and O–H groups in total. The Labute approximate surface area is 157 Å². The average Bonchev–Trinajstić information content (AvgIpc) is 2.64. The van der Waals surface area contributed by atoms with Crippen LogP contribution in [0.25, 0.3) is 0 Å². The molecule has 0 bridgehead atoms. The zero-order valence-corrected chi connectivity index (χ0v) is 17.3. The topological polar surface area (TPSA) is 38.7 Å². The van der Waals surface area contributed by atoms with Gasteiger partial charge in [0, 0.05) is 13.7 Å². The van der Waals surface area contributed by atoms with Gasteiger partial charge in [0.15, 0.2) is 0 Å². The number of rotatable bonds is 21. The lowest BCUT2D eigenvalue weighted by Crippen LogP contribution is -2.22. The quantitative estimate of drug-likeness (QED) is 0.246. The molecule has 0 heterocycles. The van der Waals surface area contributed by atoms with Crippen molar-refractivity contribution >= 4 is 0 Å². The zero-order valence-electron chi connectivity index (χ0n) is 17.3. The molecule has 3 nitrogen and oxygen atoms in total. The summed E-state index contributed by atoms with van der Waals surface area (Å²) in [7, 11) is 1.61. The zero-order chi connectivity index (χ0) is 18.4. The Morgan fingerprint density at radius 2 is 1.04 bits per heavy atom. The maximum absolute atomic E-state index is 8.96. The summed E-state index contributed by atoms with van der Waals surface area (Å²) in [6.07, 6.45) is 22.1. The van der Waals surface area contributed by atoms with Crippen molar-refractivity contribution in [2.24, 2.45) is 0 Å². The smallest absolute Gasteiger partial charge is 0.103 e. The molecule has 0 unspecified atom stereocenters. The average molecular weight is 359 g/mol. The van der Waals surface area contributed by atoms with E-state index in [0.717, 1.165) is 13.0 Å². The first-order chi connectivity index (χ1) is 12.3. The summed E-state index contributed by atoms with van der Waals surface area (Å²) < 4.78 is 10.6. The lowest BCUT2D eigenvalue weighted by Gasteiger charge is -2.12. The van der Waals surface area contributed by atoms with Crippen LogP contribution in [-0.2, 0) is 9.47 Å². The molecule has 3 heteroatoms. The van der Waals surface area contributed by atoms with E-state index < -0.39 is 0 Å². The number of aliphatic hydroxyl groups is 1. The summed E-state index contributed by atoms with van der Waals surface area (Å²) in [6.45, 7) is 3.62. The molecule has 0 aromatic heterocycles. The minimum absolute atomic E-state index is 0.0372. The summed E-state index contributed by atoms with van der Waals surface area (Å²) >= 11 is 0. The molecule has 152 valence electrons. The molecule has 0 rings (SSSR count). The second-order valence-electron chi connectivity index (χ2n) is 7.42. The van der Waals surface area contributed by atoms with Crippen molar-refractivity contribution in [1.29, 1.82) is 0 Å². The van der Waals surface area contributed by atoms with E-state index in [2.05, 4.69) is 6.92 Å². The summed E-state index contributed by atoms with van der Waals surface area (Å²) in [5, 5.41) is 8.96. The van der Waals surface area contributed by atoms with E-state index in [1.54, 1.807) is 7.11 Å². The van der Waals surface area contributed by atoms with Crippen LogP contribution in [0.1, 0.15) is 110 Å². The summed E-state index contributed by atoms with van der Waals surface area (Å²) in [5.74, 6) is 0. The van der Waals surface area contributed by atoms with Crippen molar-refractivity contribution in [3.63, 3.8) is 0 Å². The van der Waals surface area contributed by atoms with Crippen LogP contribution < -0.4 is 0 Å². The van der Waals surface area contributed by atoms with Crippen LogP contribution in [0.15, 0.2) is 0 Å². The number of methoxy groups -OCH3 is 1. The third-order valence-corrected chi connectivity index (χ3v) is 4.98. The standard InChI is InChI=1S/C22H46O3/c1-3-4-5-6-7-8-9-10-11-12-13-14-15-16-17-18-19-25-21-22(20-23)24-2/h22-23H,3-21H2,1-2H3/t22-/m0/s1. The molecule has 0 radical (unpaired) electrons. The third-order valence-electron chi connectivity index (χ3n) is 4.98. The van der Waals surface area contributed by atoms with Gasteiger partial charge >= 0.3 is 0 Å². The van der Waals surface area contributed by atoms with Crippen molar-refractivity contribution in [2.75, 3.05) is 26.9 Å². The van der Waals surface area contributed by atoms with Crippen molar-refractivity contribution < 1.29 is 14.6 Å². The first kappa shape index (κ1) is 24.9. The number of unbranched alkanes of at least 4 members (excludes halogenated alkanes) is 15. The fraction of sp³-hybridized carbons (Fsp3) is 1.00. The molecule has 25 heavy (non-hydrogen) atoms. The van der Waals surface area contributed by atoms with E-state index in [-0.39, 0.29) is 12.7 Å². The van der Waals surface area contributed by atoms with Gasteiger partial charge in [-0.15, -0.1) is 0 Å². The highest BCUT2D eigenvalue weighted by atomic mass is 16.5. The van der Waals surface area contributed by atoms with E-state index >= 15 is 0 Å². The maximum atomic E-state index is 8.96. The molecule has 0 aromatic carbocycles. The fourth-order valence-corrected chi connectivity index (χ4v) is 3.16. The van der Waals surface area contributed by atoms with E-state index in [1.807, 2.05) is 0 Å². The molecule has 0 fully saturated rings. The van der Waals surface area contributed by atoms with E-state index in [9.17, 15) is 0 Å². The molecule has 0 aliphatic heterocycles. The molecule has 0 amide bonds. The van der Waals surface area contributed by atoms with Crippen LogP contribution in [-0.4, -0.2) is 38.1 Å². The Bertz CT molecular complexity index is 229. The molecule has 0 aliphatic carbocycles. The minimum Gasteiger partial charge on any atom is -0.394 e. The molecule has 0 saturated carbocycles. The predicted molar refractivity (Wildman–Crippen MR) is 108 cm³/mol. The lowest BCUT2D eigenvalue weighted by molar-refractivity contribution is -0.0205. The third kappa shape index (κ3) is 20.0. The van der Waals surface area contributed by atoms with Crippen LogP contribution in [0.2, 0.25) is 0 Å². The van der Waals surface area contributed by atoms with Crippen LogP contribution in [0.3, 0.4) is 0 Å². The van der Waals surface area contributed by atoms with Gasteiger partial charge in [-0.3, -0.25) is 0 Å².